The highest BCUT2D eigenvalue weighted by Gasteiger charge is 2.33. The number of unbranched alkanes of at least 4 members (excludes halogenated alkanes) is 1. The zero-order valence-corrected chi connectivity index (χ0v) is 24.6. The zero-order valence-electron chi connectivity index (χ0n) is 22.2. The lowest BCUT2D eigenvalue weighted by molar-refractivity contribution is -0.139. The molecule has 3 aromatic carbocycles. The molecular weight excluding hydrogens is 557 g/mol. The number of nitrogens with zero attached hydrogens (tertiary/aromatic N) is 2. The number of sulfonamides is 1. The molecule has 1 atom stereocenters. The first-order valence-electron chi connectivity index (χ1n) is 12.7. The SMILES string of the molecule is CCCCNC(=O)[C@@H](C)N(Cc1ccc(C)cc1)C(=O)CN(c1cccc(Cl)c1Cl)S(=O)(=O)c1ccccc1. The van der Waals surface area contributed by atoms with Gasteiger partial charge in [0.05, 0.1) is 20.6 Å². The minimum absolute atomic E-state index is 0.00177. The lowest BCUT2D eigenvalue weighted by Gasteiger charge is -2.32. The lowest BCUT2D eigenvalue weighted by Crippen LogP contribution is -2.51. The Morgan fingerprint density at radius 2 is 1.62 bits per heavy atom. The van der Waals surface area contributed by atoms with Crippen LogP contribution in [0.3, 0.4) is 0 Å². The van der Waals surface area contributed by atoms with Crippen LogP contribution in [-0.4, -0.2) is 44.3 Å². The topological polar surface area (TPSA) is 86.8 Å². The molecule has 0 aromatic heterocycles. The van der Waals surface area contributed by atoms with Gasteiger partial charge in [0.25, 0.3) is 10.0 Å². The Morgan fingerprint density at radius 1 is 0.949 bits per heavy atom. The first-order chi connectivity index (χ1) is 18.6. The molecule has 3 rings (SSSR count). The van der Waals surface area contributed by atoms with Crippen molar-refractivity contribution in [2.45, 2.75) is 51.1 Å². The number of nitrogens with one attached hydrogen (secondary N) is 1. The average Bonchev–Trinajstić information content (AvgIpc) is 2.93. The summed E-state index contributed by atoms with van der Waals surface area (Å²) in [4.78, 5) is 28.3. The maximum Gasteiger partial charge on any atom is 0.264 e. The van der Waals surface area contributed by atoms with Crippen molar-refractivity contribution < 1.29 is 18.0 Å². The van der Waals surface area contributed by atoms with Crippen LogP contribution in [0, 0.1) is 6.92 Å². The molecule has 0 saturated heterocycles. The molecule has 0 aliphatic rings. The van der Waals surface area contributed by atoms with Crippen LogP contribution in [0.25, 0.3) is 0 Å². The van der Waals surface area contributed by atoms with Gasteiger partial charge in [0.1, 0.15) is 12.6 Å². The van der Waals surface area contributed by atoms with E-state index >= 15 is 0 Å². The van der Waals surface area contributed by atoms with Gasteiger partial charge in [-0.05, 0) is 50.1 Å². The van der Waals surface area contributed by atoms with E-state index in [0.29, 0.717) is 6.54 Å². The van der Waals surface area contributed by atoms with E-state index in [0.717, 1.165) is 28.3 Å². The van der Waals surface area contributed by atoms with Gasteiger partial charge in [-0.1, -0.05) is 90.6 Å². The summed E-state index contributed by atoms with van der Waals surface area (Å²) < 4.78 is 28.6. The van der Waals surface area contributed by atoms with Crippen molar-refractivity contribution in [3.05, 3.63) is 94.0 Å². The number of amides is 2. The third kappa shape index (κ3) is 7.75. The number of hydrogen-bond donors (Lipinski definition) is 1. The van der Waals surface area contributed by atoms with E-state index in [1.807, 2.05) is 38.1 Å². The van der Waals surface area contributed by atoms with E-state index in [2.05, 4.69) is 5.32 Å². The maximum atomic E-state index is 13.9. The number of rotatable bonds is 12. The van der Waals surface area contributed by atoms with Gasteiger partial charge < -0.3 is 10.2 Å². The van der Waals surface area contributed by atoms with Gasteiger partial charge in [0.15, 0.2) is 0 Å². The Labute approximate surface area is 240 Å². The molecule has 3 aromatic rings. The number of hydrogen-bond acceptors (Lipinski definition) is 4. The third-order valence-electron chi connectivity index (χ3n) is 6.28. The van der Waals surface area contributed by atoms with Crippen LogP contribution < -0.4 is 9.62 Å². The quantitative estimate of drug-likeness (QED) is 0.269. The largest absolute Gasteiger partial charge is 0.354 e. The van der Waals surface area contributed by atoms with Gasteiger partial charge >= 0.3 is 0 Å². The van der Waals surface area contributed by atoms with Gasteiger partial charge in [-0.15, -0.1) is 0 Å². The Hall–Kier alpha value is -3.07. The van der Waals surface area contributed by atoms with E-state index in [-0.39, 0.29) is 33.1 Å². The Kier molecular flexibility index (Phi) is 10.8. The highest BCUT2D eigenvalue weighted by atomic mass is 35.5. The zero-order chi connectivity index (χ0) is 28.6. The van der Waals surface area contributed by atoms with Crippen LogP contribution in [0.5, 0.6) is 0 Å². The van der Waals surface area contributed by atoms with Crippen molar-refractivity contribution in [1.29, 1.82) is 0 Å². The third-order valence-corrected chi connectivity index (χ3v) is 8.86. The molecule has 2 amide bonds. The van der Waals surface area contributed by atoms with Crippen molar-refractivity contribution in [3.63, 3.8) is 0 Å². The van der Waals surface area contributed by atoms with Crippen LogP contribution >= 0.6 is 23.2 Å². The predicted molar refractivity (Wildman–Crippen MR) is 157 cm³/mol. The monoisotopic (exact) mass is 589 g/mol. The number of benzene rings is 3. The summed E-state index contributed by atoms with van der Waals surface area (Å²) >= 11 is 12.7. The molecule has 0 heterocycles. The van der Waals surface area contributed by atoms with E-state index in [1.54, 1.807) is 31.2 Å². The maximum absolute atomic E-state index is 13.9. The first-order valence-corrected chi connectivity index (χ1v) is 14.9. The summed E-state index contributed by atoms with van der Waals surface area (Å²) in [5.74, 6) is -0.883. The number of carbonyl (C=O) groups is 2. The molecular formula is C29H33Cl2N3O4S. The molecule has 39 heavy (non-hydrogen) atoms. The van der Waals surface area contributed by atoms with Crippen molar-refractivity contribution in [3.8, 4) is 0 Å². The molecule has 0 unspecified atom stereocenters. The van der Waals surface area contributed by atoms with E-state index in [9.17, 15) is 18.0 Å². The fraction of sp³-hybridized carbons (Fsp3) is 0.310. The number of carbonyl (C=O) groups excluding carboxylic acids is 2. The summed E-state index contributed by atoms with van der Waals surface area (Å²) in [6.07, 6.45) is 1.72. The van der Waals surface area contributed by atoms with Gasteiger partial charge in [-0.2, -0.15) is 0 Å². The predicted octanol–water partition coefficient (Wildman–Crippen LogP) is 5.83. The van der Waals surface area contributed by atoms with Crippen LogP contribution in [0.15, 0.2) is 77.7 Å². The second-order valence-electron chi connectivity index (χ2n) is 9.23. The van der Waals surface area contributed by atoms with Crippen molar-refractivity contribution in [2.75, 3.05) is 17.4 Å². The summed E-state index contributed by atoms with van der Waals surface area (Å²) in [5, 5.41) is 3.02. The molecule has 0 bridgehead atoms. The van der Waals surface area contributed by atoms with Crippen LogP contribution in [0.2, 0.25) is 10.0 Å². The normalized spacial score (nSPS) is 12.0. The molecule has 0 fully saturated rings. The molecule has 0 aliphatic heterocycles. The van der Waals surface area contributed by atoms with Gasteiger partial charge in [0.2, 0.25) is 11.8 Å². The van der Waals surface area contributed by atoms with Crippen molar-refractivity contribution in [2.24, 2.45) is 0 Å². The van der Waals surface area contributed by atoms with Gasteiger partial charge in [-0.25, -0.2) is 8.42 Å². The first kappa shape index (κ1) is 30.5. The molecule has 0 saturated carbocycles. The fourth-order valence-electron chi connectivity index (χ4n) is 3.93. The van der Waals surface area contributed by atoms with Gasteiger partial charge in [0, 0.05) is 13.1 Å². The molecule has 0 aliphatic carbocycles. The fourth-order valence-corrected chi connectivity index (χ4v) is 5.82. The summed E-state index contributed by atoms with van der Waals surface area (Å²) in [6.45, 7) is 5.62. The van der Waals surface area contributed by atoms with Crippen LogP contribution in [-0.2, 0) is 26.2 Å². The van der Waals surface area contributed by atoms with Crippen LogP contribution in [0.1, 0.15) is 37.8 Å². The smallest absolute Gasteiger partial charge is 0.264 e. The number of aryl methyl sites for hydroxylation is 1. The van der Waals surface area contributed by atoms with Crippen LogP contribution in [0.4, 0.5) is 5.69 Å². The Balaban J connectivity index is 2.02. The minimum Gasteiger partial charge on any atom is -0.354 e. The van der Waals surface area contributed by atoms with Crippen molar-refractivity contribution in [1.82, 2.24) is 10.2 Å². The number of halogens is 2. The molecule has 208 valence electrons. The molecule has 10 heteroatoms. The highest BCUT2D eigenvalue weighted by molar-refractivity contribution is 7.92. The minimum atomic E-state index is -4.22. The summed E-state index contributed by atoms with van der Waals surface area (Å²) in [7, 11) is -4.22. The summed E-state index contributed by atoms with van der Waals surface area (Å²) in [6, 6.07) is 19.1. The molecule has 0 spiro atoms. The Morgan fingerprint density at radius 3 is 2.26 bits per heavy atom. The average molecular weight is 591 g/mol. The molecule has 7 nitrogen and oxygen atoms in total. The van der Waals surface area contributed by atoms with Gasteiger partial charge in [-0.3, -0.25) is 13.9 Å². The highest BCUT2D eigenvalue weighted by Crippen LogP contribution is 2.35. The van der Waals surface area contributed by atoms with Crippen molar-refractivity contribution >= 4 is 50.7 Å². The summed E-state index contributed by atoms with van der Waals surface area (Å²) in [5.41, 5.74) is 1.93. The van der Waals surface area contributed by atoms with E-state index in [4.69, 9.17) is 23.2 Å². The number of anilines is 1. The second kappa shape index (κ2) is 13.8. The second-order valence-corrected chi connectivity index (χ2v) is 11.9. The van der Waals surface area contributed by atoms with E-state index < -0.39 is 28.5 Å². The lowest BCUT2D eigenvalue weighted by atomic mass is 10.1. The molecule has 1 N–H and O–H groups in total. The molecule has 0 radical (unpaired) electrons. The van der Waals surface area contributed by atoms with E-state index in [1.165, 1.54) is 29.2 Å². The Bertz CT molecular complexity index is 1380. The standard InChI is InChI=1S/C29H33Cl2N3O4S/c1-4-5-18-32-29(36)22(3)33(19-23-16-14-21(2)15-17-23)27(35)20-34(26-13-9-12-25(30)28(26)31)39(37,38)24-10-7-6-8-11-24/h6-17,22H,4-5,18-20H2,1-3H3,(H,32,36)/t22-/m1/s1.